The Labute approximate surface area is 178 Å². The third kappa shape index (κ3) is 6.91. The van der Waals surface area contributed by atoms with E-state index in [0.717, 1.165) is 12.8 Å². The van der Waals surface area contributed by atoms with Gasteiger partial charge in [-0.25, -0.2) is 0 Å². The molecular weight excluding hydrogens is 401 g/mol. The van der Waals surface area contributed by atoms with Crippen molar-refractivity contribution in [3.63, 3.8) is 0 Å². The summed E-state index contributed by atoms with van der Waals surface area (Å²) in [5, 5.41) is -7.85. The molecule has 0 fully saturated rings. The van der Waals surface area contributed by atoms with Crippen molar-refractivity contribution in [3.8, 4) is 0 Å². The summed E-state index contributed by atoms with van der Waals surface area (Å²) in [6.45, 7) is 1.88. The van der Waals surface area contributed by atoms with Gasteiger partial charge in [-0.2, -0.15) is 34.8 Å². The summed E-state index contributed by atoms with van der Waals surface area (Å²) in [7, 11) is -6.71. The molecule has 0 bridgehead atoms. The first-order chi connectivity index (χ1) is 9.70. The Bertz CT molecular complexity index is 461. The van der Waals surface area contributed by atoms with E-state index in [9.17, 15) is 34.8 Å². The molecule has 23 heavy (non-hydrogen) atoms. The van der Waals surface area contributed by atoms with E-state index < -0.39 is 39.0 Å². The fraction of sp³-hybridized carbons (Fsp3) is 1.00. The molecule has 0 saturated carbocycles. The minimum atomic E-state index is -6.71. The molecule has 0 aromatic carbocycles. The minimum absolute atomic E-state index is 0. The van der Waals surface area contributed by atoms with E-state index in [0.29, 0.717) is 12.8 Å². The Balaban J connectivity index is 0. The van der Waals surface area contributed by atoms with Crippen LogP contribution in [0.15, 0.2) is 0 Å². The van der Waals surface area contributed by atoms with Gasteiger partial charge < -0.3 is 0 Å². The summed E-state index contributed by atoms with van der Waals surface area (Å²) in [4.78, 5) is 0. The molecule has 0 aliphatic heterocycles. The topological polar surface area (TPSA) is 54.4 Å². The number of halogens is 7. The van der Waals surface area contributed by atoms with Crippen LogP contribution in [0.1, 0.15) is 45.4 Å². The van der Waals surface area contributed by atoms with Crippen molar-refractivity contribution >= 4 is 73.1 Å². The summed E-state index contributed by atoms with van der Waals surface area (Å²) >= 11 is 5.44. The average molecular weight is 419 g/mol. The Kier molecular flexibility index (Phi) is 11.5. The molecule has 1 N–H and O–H groups in total. The van der Waals surface area contributed by atoms with Crippen molar-refractivity contribution < 1.29 is 39.3 Å². The van der Waals surface area contributed by atoms with Gasteiger partial charge in [-0.1, -0.05) is 32.6 Å². The first-order valence-corrected chi connectivity index (χ1v) is 8.33. The van der Waals surface area contributed by atoms with Crippen molar-refractivity contribution in [1.82, 2.24) is 0 Å². The number of hydrogen-bond donors (Lipinski definition) is 1. The molecule has 0 aliphatic rings. The van der Waals surface area contributed by atoms with Crippen LogP contribution in [0.3, 0.4) is 0 Å². The number of hydrogen-bond acceptors (Lipinski definition) is 2. The molecule has 0 aromatic rings. The van der Waals surface area contributed by atoms with E-state index in [4.69, 9.17) is 16.2 Å². The van der Waals surface area contributed by atoms with Crippen LogP contribution in [0.4, 0.5) is 26.3 Å². The number of rotatable bonds is 10. The van der Waals surface area contributed by atoms with Crippen molar-refractivity contribution in [2.75, 3.05) is 0 Å². The van der Waals surface area contributed by atoms with Crippen LogP contribution >= 0.6 is 11.6 Å². The van der Waals surface area contributed by atoms with Gasteiger partial charge in [0.05, 0.1) is 0 Å². The first kappa shape index (κ1) is 26.6. The van der Waals surface area contributed by atoms with Crippen LogP contribution in [0, 0.1) is 0 Å². The SMILES string of the molecule is CCCCCCC(Cl)CC(F)(F)C(F)(F)C(F)(F)S(=O)(=O)O.[KH]. The molecule has 1 atom stereocenters. The predicted octanol–water partition coefficient (Wildman–Crippen LogP) is 4.06. The Morgan fingerprint density at radius 1 is 1.04 bits per heavy atom. The zero-order valence-corrected chi connectivity index (χ0v) is 13.2. The summed E-state index contributed by atoms with van der Waals surface area (Å²) in [6, 6.07) is 0. The Hall–Kier alpha value is 1.42. The van der Waals surface area contributed by atoms with Crippen LogP contribution in [0.5, 0.6) is 0 Å². The van der Waals surface area contributed by atoms with Crippen LogP contribution < -0.4 is 0 Å². The van der Waals surface area contributed by atoms with Gasteiger partial charge in [-0.15, -0.1) is 11.6 Å². The molecular formula is C11H18ClF6KO3S. The summed E-state index contributed by atoms with van der Waals surface area (Å²) in [6.07, 6.45) is 0.628. The van der Waals surface area contributed by atoms with Gasteiger partial charge in [-0.3, -0.25) is 4.55 Å². The van der Waals surface area contributed by atoms with E-state index in [2.05, 4.69) is 0 Å². The van der Waals surface area contributed by atoms with Crippen LogP contribution in [-0.4, -0.2) is 86.8 Å². The van der Waals surface area contributed by atoms with Gasteiger partial charge in [0, 0.05) is 11.8 Å². The summed E-state index contributed by atoms with van der Waals surface area (Å²) < 4.78 is 107. The van der Waals surface area contributed by atoms with E-state index in [-0.39, 0.29) is 57.8 Å². The first-order valence-electron chi connectivity index (χ1n) is 6.45. The molecule has 0 amide bonds. The third-order valence-corrected chi connectivity index (χ3v) is 4.27. The van der Waals surface area contributed by atoms with Crippen molar-refractivity contribution in [2.24, 2.45) is 0 Å². The van der Waals surface area contributed by atoms with Crippen LogP contribution in [0.25, 0.3) is 0 Å². The van der Waals surface area contributed by atoms with Crippen LogP contribution in [-0.2, 0) is 10.1 Å². The second-order valence-corrected chi connectivity index (χ2v) is 7.00. The van der Waals surface area contributed by atoms with Gasteiger partial charge in [0.15, 0.2) is 0 Å². The zero-order chi connectivity index (χ0) is 17.8. The average Bonchev–Trinajstić information content (AvgIpc) is 2.32. The summed E-state index contributed by atoms with van der Waals surface area (Å²) in [5.74, 6) is -11.7. The monoisotopic (exact) mass is 418 g/mol. The standard InChI is InChI=1S/C11H17ClF6O3S.K.H/c1-2-3-4-5-6-8(12)7-9(13,14)10(15,16)11(17,18)22(19,20)21;;/h8H,2-7H2,1H3,(H,19,20,21);;. The van der Waals surface area contributed by atoms with E-state index in [1.165, 1.54) is 0 Å². The molecule has 136 valence electrons. The fourth-order valence-corrected chi connectivity index (χ4v) is 2.50. The van der Waals surface area contributed by atoms with E-state index in [1.807, 2.05) is 6.92 Å². The van der Waals surface area contributed by atoms with Crippen LogP contribution in [0.2, 0.25) is 0 Å². The molecule has 0 saturated heterocycles. The number of unbranched alkanes of at least 4 members (excludes halogenated alkanes) is 3. The molecule has 0 aliphatic carbocycles. The molecule has 0 spiro atoms. The quantitative estimate of drug-likeness (QED) is 0.191. The van der Waals surface area contributed by atoms with Gasteiger partial charge >= 0.3 is 78.6 Å². The third-order valence-electron chi connectivity index (χ3n) is 3.00. The Morgan fingerprint density at radius 2 is 1.52 bits per heavy atom. The molecule has 12 heteroatoms. The van der Waals surface area contributed by atoms with Gasteiger partial charge in [0.2, 0.25) is 0 Å². The molecule has 0 heterocycles. The van der Waals surface area contributed by atoms with Gasteiger partial charge in [0.25, 0.3) is 0 Å². The van der Waals surface area contributed by atoms with Gasteiger partial charge in [0.1, 0.15) is 0 Å². The molecule has 1 unspecified atom stereocenters. The second kappa shape index (κ2) is 9.93. The normalized spacial score (nSPS) is 15.2. The summed E-state index contributed by atoms with van der Waals surface area (Å²) in [5.41, 5.74) is 0. The van der Waals surface area contributed by atoms with Gasteiger partial charge in [-0.05, 0) is 6.42 Å². The zero-order valence-electron chi connectivity index (χ0n) is 11.6. The van der Waals surface area contributed by atoms with Crippen molar-refractivity contribution in [1.29, 1.82) is 0 Å². The molecule has 0 radical (unpaired) electrons. The maximum absolute atomic E-state index is 13.4. The van der Waals surface area contributed by atoms with E-state index >= 15 is 0 Å². The maximum atomic E-state index is 13.4. The molecule has 0 aromatic heterocycles. The Morgan fingerprint density at radius 3 is 1.91 bits per heavy atom. The molecule has 0 rings (SSSR count). The second-order valence-electron chi connectivity index (χ2n) is 4.92. The molecule has 3 nitrogen and oxygen atoms in total. The predicted molar refractivity (Wildman–Crippen MR) is 76.6 cm³/mol. The fourth-order valence-electron chi connectivity index (χ4n) is 1.68. The number of alkyl halides is 7. The van der Waals surface area contributed by atoms with Crippen molar-refractivity contribution in [3.05, 3.63) is 0 Å². The van der Waals surface area contributed by atoms with E-state index in [1.54, 1.807) is 0 Å². The van der Waals surface area contributed by atoms with Crippen molar-refractivity contribution in [2.45, 2.75) is 67.9 Å².